The Bertz CT molecular complexity index is 762. The summed E-state index contributed by atoms with van der Waals surface area (Å²) in [4.78, 5) is 0. The minimum absolute atomic E-state index is 0.407. The number of aliphatic hydroxyl groups excluding tert-OH is 1. The van der Waals surface area contributed by atoms with Gasteiger partial charge in [0.15, 0.2) is 0 Å². The molecular weight excluding hydrogens is 264 g/mol. The van der Waals surface area contributed by atoms with Crippen LogP contribution in [0.4, 0.5) is 0 Å². The maximum Gasteiger partial charge on any atom is 0.133 e. The van der Waals surface area contributed by atoms with Crippen molar-refractivity contribution >= 4 is 10.9 Å². The van der Waals surface area contributed by atoms with Crippen LogP contribution in [0.1, 0.15) is 24.3 Å². The van der Waals surface area contributed by atoms with Crippen molar-refractivity contribution in [2.75, 3.05) is 0 Å². The van der Waals surface area contributed by atoms with Crippen LogP contribution in [0.15, 0.2) is 48.5 Å². The van der Waals surface area contributed by atoms with Gasteiger partial charge in [0.25, 0.3) is 0 Å². The molecule has 3 aromatic rings. The quantitative estimate of drug-likeness (QED) is 0.799. The zero-order valence-electron chi connectivity index (χ0n) is 12.2. The first kappa shape index (κ1) is 13.6. The molecule has 0 aliphatic carbocycles. The van der Waals surface area contributed by atoms with Crippen LogP contribution in [-0.2, 0) is 13.7 Å². The molecule has 0 aliphatic rings. The summed E-state index contributed by atoms with van der Waals surface area (Å²) < 4.78 is 7.68. The lowest BCUT2D eigenvalue weighted by atomic mass is 10.1. The number of rotatable bonds is 4. The summed E-state index contributed by atoms with van der Waals surface area (Å²) in [5.41, 5.74) is 2.85. The average molecular weight is 282 g/mol. The Labute approximate surface area is 123 Å². The third-order valence-electron chi connectivity index (χ3n) is 3.55. The Balaban J connectivity index is 1.82. The van der Waals surface area contributed by atoms with Crippen molar-refractivity contribution in [3.05, 3.63) is 59.8 Å². The van der Waals surface area contributed by atoms with Gasteiger partial charge >= 0.3 is 0 Å². The summed E-state index contributed by atoms with van der Waals surface area (Å²) >= 11 is 0. The highest BCUT2D eigenvalue weighted by atomic mass is 16.5. The van der Waals surface area contributed by atoms with Crippen molar-refractivity contribution in [1.82, 2.24) is 9.78 Å². The number of hydrogen-bond donors (Lipinski definition) is 1. The van der Waals surface area contributed by atoms with E-state index in [1.54, 1.807) is 6.92 Å². The Morgan fingerprint density at radius 3 is 2.81 bits per heavy atom. The fourth-order valence-electron chi connectivity index (χ4n) is 2.41. The molecule has 1 unspecified atom stereocenters. The van der Waals surface area contributed by atoms with Gasteiger partial charge in [-0.1, -0.05) is 30.3 Å². The first-order chi connectivity index (χ1) is 10.1. The standard InChI is InChI=1S/C17H18N2O2/c1-12(20)13-6-5-7-14(10-13)21-11-16-15-8-3-4-9-17(15)19(2)18-16/h3-10,12,20H,11H2,1-2H3. The van der Waals surface area contributed by atoms with Gasteiger partial charge in [0.2, 0.25) is 0 Å². The first-order valence-corrected chi connectivity index (χ1v) is 6.96. The van der Waals surface area contributed by atoms with Gasteiger partial charge in [0.1, 0.15) is 18.1 Å². The van der Waals surface area contributed by atoms with Crippen LogP contribution in [0.5, 0.6) is 5.75 Å². The number of para-hydroxylation sites is 1. The summed E-state index contributed by atoms with van der Waals surface area (Å²) in [6, 6.07) is 15.6. The predicted octanol–water partition coefficient (Wildman–Crippen LogP) is 3.21. The number of aromatic nitrogens is 2. The van der Waals surface area contributed by atoms with Gasteiger partial charge < -0.3 is 9.84 Å². The van der Waals surface area contributed by atoms with Gasteiger partial charge in [-0.25, -0.2) is 0 Å². The van der Waals surface area contributed by atoms with Crippen LogP contribution in [0.3, 0.4) is 0 Å². The van der Waals surface area contributed by atoms with Gasteiger partial charge in [-0.3, -0.25) is 4.68 Å². The summed E-state index contributed by atoms with van der Waals surface area (Å²) in [6.45, 7) is 2.15. The summed E-state index contributed by atoms with van der Waals surface area (Å²) in [7, 11) is 1.93. The molecule has 0 saturated carbocycles. The van der Waals surface area contributed by atoms with Crippen molar-refractivity contribution in [3.63, 3.8) is 0 Å². The lowest BCUT2D eigenvalue weighted by Crippen LogP contribution is -1.99. The molecule has 4 nitrogen and oxygen atoms in total. The summed E-state index contributed by atoms with van der Waals surface area (Å²) in [6.07, 6.45) is -0.496. The second kappa shape index (κ2) is 5.58. The second-order valence-electron chi connectivity index (χ2n) is 5.12. The van der Waals surface area contributed by atoms with Crippen LogP contribution in [0, 0.1) is 0 Å². The lowest BCUT2D eigenvalue weighted by molar-refractivity contribution is 0.198. The molecule has 1 heterocycles. The molecular formula is C17H18N2O2. The molecule has 108 valence electrons. The number of nitrogens with zero attached hydrogens (tertiary/aromatic N) is 2. The van der Waals surface area contributed by atoms with E-state index in [0.717, 1.165) is 27.9 Å². The van der Waals surface area contributed by atoms with E-state index in [2.05, 4.69) is 5.10 Å². The number of aliphatic hydroxyl groups is 1. The minimum Gasteiger partial charge on any atom is -0.487 e. The van der Waals surface area contributed by atoms with E-state index < -0.39 is 6.10 Å². The van der Waals surface area contributed by atoms with E-state index >= 15 is 0 Å². The van der Waals surface area contributed by atoms with E-state index in [4.69, 9.17) is 4.74 Å². The maximum absolute atomic E-state index is 9.61. The average Bonchev–Trinajstić information content (AvgIpc) is 2.82. The van der Waals surface area contributed by atoms with Crippen molar-refractivity contribution in [3.8, 4) is 5.75 Å². The molecule has 3 rings (SSSR count). The number of fused-ring (bicyclic) bond motifs is 1. The highest BCUT2D eigenvalue weighted by Gasteiger charge is 2.09. The second-order valence-corrected chi connectivity index (χ2v) is 5.12. The van der Waals surface area contributed by atoms with E-state index in [9.17, 15) is 5.11 Å². The third-order valence-corrected chi connectivity index (χ3v) is 3.55. The van der Waals surface area contributed by atoms with E-state index in [0.29, 0.717) is 6.61 Å². The van der Waals surface area contributed by atoms with Crippen LogP contribution >= 0.6 is 0 Å². The molecule has 0 spiro atoms. The van der Waals surface area contributed by atoms with E-state index in [1.165, 1.54) is 0 Å². The summed E-state index contributed by atoms with van der Waals surface area (Å²) in [5, 5.41) is 15.2. The normalized spacial score (nSPS) is 12.5. The Morgan fingerprint density at radius 1 is 1.19 bits per heavy atom. The number of benzene rings is 2. The van der Waals surface area contributed by atoms with Crippen molar-refractivity contribution < 1.29 is 9.84 Å². The van der Waals surface area contributed by atoms with E-state index in [1.807, 2.05) is 60.3 Å². The smallest absolute Gasteiger partial charge is 0.133 e. The van der Waals surface area contributed by atoms with Gasteiger partial charge in [0.05, 0.1) is 11.6 Å². The van der Waals surface area contributed by atoms with Gasteiger partial charge in [-0.15, -0.1) is 0 Å². The fraction of sp³-hybridized carbons (Fsp3) is 0.235. The molecule has 0 aliphatic heterocycles. The number of ether oxygens (including phenoxy) is 1. The van der Waals surface area contributed by atoms with E-state index in [-0.39, 0.29) is 0 Å². The topological polar surface area (TPSA) is 47.3 Å². The molecule has 4 heteroatoms. The summed E-state index contributed by atoms with van der Waals surface area (Å²) in [5.74, 6) is 0.739. The monoisotopic (exact) mass is 282 g/mol. The number of hydrogen-bond acceptors (Lipinski definition) is 3. The van der Waals surface area contributed by atoms with Gasteiger partial charge in [-0.2, -0.15) is 5.10 Å². The minimum atomic E-state index is -0.496. The predicted molar refractivity (Wildman–Crippen MR) is 82.1 cm³/mol. The van der Waals surface area contributed by atoms with Crippen LogP contribution in [0.2, 0.25) is 0 Å². The molecule has 1 atom stereocenters. The van der Waals surface area contributed by atoms with Crippen LogP contribution in [-0.4, -0.2) is 14.9 Å². The first-order valence-electron chi connectivity index (χ1n) is 6.96. The molecule has 0 bridgehead atoms. The third kappa shape index (κ3) is 2.76. The molecule has 0 saturated heterocycles. The SMILES string of the molecule is CC(O)c1cccc(OCc2nn(C)c3ccccc23)c1. The van der Waals surface area contributed by atoms with Crippen molar-refractivity contribution in [2.24, 2.45) is 7.05 Å². The van der Waals surface area contributed by atoms with Crippen LogP contribution in [0.25, 0.3) is 10.9 Å². The molecule has 2 aromatic carbocycles. The zero-order chi connectivity index (χ0) is 14.8. The highest BCUT2D eigenvalue weighted by Crippen LogP contribution is 2.22. The molecule has 0 amide bonds. The van der Waals surface area contributed by atoms with Gasteiger partial charge in [-0.05, 0) is 30.7 Å². The Hall–Kier alpha value is -2.33. The maximum atomic E-state index is 9.61. The van der Waals surface area contributed by atoms with Crippen molar-refractivity contribution in [2.45, 2.75) is 19.6 Å². The molecule has 21 heavy (non-hydrogen) atoms. The lowest BCUT2D eigenvalue weighted by Gasteiger charge is -2.08. The zero-order valence-corrected chi connectivity index (χ0v) is 12.2. The highest BCUT2D eigenvalue weighted by molar-refractivity contribution is 5.81. The Morgan fingerprint density at radius 2 is 2.00 bits per heavy atom. The molecule has 1 N–H and O–H groups in total. The number of aryl methyl sites for hydroxylation is 1. The molecule has 0 radical (unpaired) electrons. The van der Waals surface area contributed by atoms with Crippen LogP contribution < -0.4 is 4.74 Å². The Kier molecular flexibility index (Phi) is 3.62. The largest absolute Gasteiger partial charge is 0.487 e. The van der Waals surface area contributed by atoms with Crippen molar-refractivity contribution in [1.29, 1.82) is 0 Å². The fourth-order valence-corrected chi connectivity index (χ4v) is 2.41. The molecule has 1 aromatic heterocycles. The molecule has 0 fully saturated rings. The van der Waals surface area contributed by atoms with Gasteiger partial charge in [0, 0.05) is 12.4 Å².